The van der Waals surface area contributed by atoms with E-state index in [9.17, 15) is 9.18 Å². The van der Waals surface area contributed by atoms with Gasteiger partial charge in [0.05, 0.1) is 23.6 Å². The Kier molecular flexibility index (Phi) is 8.98. The number of hydrogen-bond donors (Lipinski definition) is 1. The summed E-state index contributed by atoms with van der Waals surface area (Å²) in [6.45, 7) is 8.69. The Morgan fingerprint density at radius 1 is 1.23 bits per heavy atom. The molecule has 1 saturated heterocycles. The van der Waals surface area contributed by atoms with E-state index in [1.165, 1.54) is 6.07 Å². The molecule has 0 saturated carbocycles. The number of hydrazone groups is 1. The highest BCUT2D eigenvalue weighted by Gasteiger charge is 2.27. The third kappa shape index (κ3) is 7.12. The molecule has 4 heterocycles. The van der Waals surface area contributed by atoms with Crippen LogP contribution >= 0.6 is 0 Å². The zero-order chi connectivity index (χ0) is 28.9. The fourth-order valence-electron chi connectivity index (χ4n) is 4.47. The van der Waals surface area contributed by atoms with E-state index in [0.717, 1.165) is 6.20 Å². The van der Waals surface area contributed by atoms with Crippen LogP contribution in [0, 0.1) is 5.82 Å². The Morgan fingerprint density at radius 3 is 2.60 bits per heavy atom. The maximum absolute atomic E-state index is 13.3. The number of methoxy groups -OCH3 is 1. The van der Waals surface area contributed by atoms with Gasteiger partial charge in [-0.15, -0.1) is 0 Å². The molecule has 1 atom stereocenters. The van der Waals surface area contributed by atoms with Crippen LogP contribution in [0.2, 0.25) is 0 Å². The van der Waals surface area contributed by atoms with Crippen molar-refractivity contribution in [3.63, 3.8) is 0 Å². The van der Waals surface area contributed by atoms with Crippen LogP contribution in [0.3, 0.4) is 0 Å². The molecular weight excluding hydrogens is 517 g/mol. The highest BCUT2D eigenvalue weighted by Crippen LogP contribution is 2.23. The van der Waals surface area contributed by atoms with E-state index in [1.807, 2.05) is 39.8 Å². The molecule has 214 valence electrons. The zero-order valence-electron chi connectivity index (χ0n) is 23.5. The second-order valence-corrected chi connectivity index (χ2v) is 10.6. The minimum Gasteiger partial charge on any atom is -0.475 e. The molecule has 12 heteroatoms. The van der Waals surface area contributed by atoms with E-state index in [2.05, 4.69) is 15.1 Å². The Morgan fingerprint density at radius 2 is 1.98 bits per heavy atom. The molecular formula is C28H36FN7O4. The summed E-state index contributed by atoms with van der Waals surface area (Å²) in [5.74, 6) is 5.91. The largest absolute Gasteiger partial charge is 0.475 e. The molecule has 0 radical (unpaired) electrons. The van der Waals surface area contributed by atoms with Gasteiger partial charge in [-0.05, 0) is 58.7 Å². The van der Waals surface area contributed by atoms with Crippen LogP contribution in [-0.2, 0) is 9.47 Å². The summed E-state index contributed by atoms with van der Waals surface area (Å²) in [5.41, 5.74) is 2.53. The van der Waals surface area contributed by atoms with Crippen molar-refractivity contribution in [1.29, 1.82) is 0 Å². The quantitative estimate of drug-likeness (QED) is 0.252. The van der Waals surface area contributed by atoms with Gasteiger partial charge in [-0.2, -0.15) is 5.10 Å². The van der Waals surface area contributed by atoms with Crippen LogP contribution in [0.15, 0.2) is 52.9 Å². The number of hydrogen-bond acceptors (Lipinski definition) is 9. The predicted octanol–water partition coefficient (Wildman–Crippen LogP) is 4.16. The number of ether oxygens (including phenoxy) is 3. The number of carbonyl (C=O) groups is 1. The summed E-state index contributed by atoms with van der Waals surface area (Å²) >= 11 is 0. The number of halogens is 1. The molecule has 3 aromatic heterocycles. The van der Waals surface area contributed by atoms with Gasteiger partial charge < -0.3 is 25.0 Å². The van der Waals surface area contributed by atoms with Gasteiger partial charge in [0.25, 0.3) is 0 Å². The van der Waals surface area contributed by atoms with Crippen molar-refractivity contribution >= 4 is 23.2 Å². The monoisotopic (exact) mass is 553 g/mol. The van der Waals surface area contributed by atoms with Crippen molar-refractivity contribution in [2.75, 3.05) is 26.8 Å². The topological polar surface area (TPSA) is 129 Å². The molecule has 1 unspecified atom stereocenters. The van der Waals surface area contributed by atoms with E-state index in [1.54, 1.807) is 34.9 Å². The van der Waals surface area contributed by atoms with Crippen LogP contribution in [0.5, 0.6) is 5.88 Å². The molecule has 2 N–H and O–H groups in total. The molecule has 3 aromatic rings. The number of likely N-dealkylation sites (tertiary alicyclic amines) is 1. The molecule has 1 amide bonds. The highest BCUT2D eigenvalue weighted by atomic mass is 19.1. The third-order valence-corrected chi connectivity index (χ3v) is 6.46. The number of carbonyl (C=O) groups excluding carboxylic acids is 1. The minimum atomic E-state index is -0.532. The molecule has 40 heavy (non-hydrogen) atoms. The van der Waals surface area contributed by atoms with Crippen molar-refractivity contribution in [2.24, 2.45) is 15.9 Å². The Balaban J connectivity index is 1.48. The van der Waals surface area contributed by atoms with Crippen molar-refractivity contribution in [1.82, 2.24) is 19.3 Å². The van der Waals surface area contributed by atoms with E-state index in [4.69, 9.17) is 25.0 Å². The lowest BCUT2D eigenvalue weighted by Gasteiger charge is -2.32. The van der Waals surface area contributed by atoms with Crippen molar-refractivity contribution in [3.05, 3.63) is 59.9 Å². The molecule has 1 aliphatic heterocycles. The fourth-order valence-corrected chi connectivity index (χ4v) is 4.47. The third-order valence-electron chi connectivity index (χ3n) is 6.46. The van der Waals surface area contributed by atoms with E-state index < -0.39 is 17.5 Å². The number of pyridine rings is 2. The number of fused-ring (bicyclic) bond motifs is 1. The number of imidazole rings is 1. The summed E-state index contributed by atoms with van der Waals surface area (Å²) in [4.78, 5) is 27.5. The fraction of sp³-hybridized carbons (Fsp3) is 0.464. The SMILES string of the molecule is COC(COc1cc(/C(=N/N)C(C)=NC2CCN(C(=O)OC(C)(C)C)CC2)cc2nccn12)c1ccc(F)cn1. The maximum Gasteiger partial charge on any atom is 0.410 e. The molecule has 0 aromatic carbocycles. The normalized spacial score (nSPS) is 16.3. The molecule has 11 nitrogen and oxygen atoms in total. The van der Waals surface area contributed by atoms with Crippen molar-refractivity contribution in [3.8, 4) is 5.88 Å². The minimum absolute atomic E-state index is 0.0204. The molecule has 1 fully saturated rings. The second kappa shape index (κ2) is 12.4. The van der Waals surface area contributed by atoms with Gasteiger partial charge in [0.2, 0.25) is 0 Å². The summed E-state index contributed by atoms with van der Waals surface area (Å²) in [6, 6.07) is 6.59. The number of rotatable bonds is 8. The van der Waals surface area contributed by atoms with Gasteiger partial charge in [0, 0.05) is 44.2 Å². The Hall–Kier alpha value is -4.06. The standard InChI is InChI=1S/C28H36FN7O4/c1-18(33-21-8-11-35(12-9-21)27(37)40-28(2,3)4)26(34-30)19-14-24-31-10-13-36(24)25(15-19)39-17-23(38-5)22-7-6-20(29)16-32-22/h6-7,10,13-16,21,23H,8-9,11-12,17,30H2,1-5H3/b33-18?,34-26+. The van der Waals surface area contributed by atoms with Gasteiger partial charge in [0.15, 0.2) is 5.88 Å². The summed E-state index contributed by atoms with van der Waals surface area (Å²) in [5, 5.41) is 4.05. The Labute approximate surface area is 232 Å². The molecule has 0 bridgehead atoms. The smallest absolute Gasteiger partial charge is 0.410 e. The number of amides is 1. The lowest BCUT2D eigenvalue weighted by Crippen LogP contribution is -2.42. The first kappa shape index (κ1) is 28.9. The Bertz CT molecular complexity index is 1370. The predicted molar refractivity (Wildman–Crippen MR) is 149 cm³/mol. The lowest BCUT2D eigenvalue weighted by molar-refractivity contribution is 0.0207. The van der Waals surface area contributed by atoms with E-state index in [-0.39, 0.29) is 18.7 Å². The van der Waals surface area contributed by atoms with Crippen LogP contribution in [0.25, 0.3) is 5.65 Å². The van der Waals surface area contributed by atoms with Gasteiger partial charge in [-0.25, -0.2) is 14.2 Å². The number of nitrogens with two attached hydrogens (primary N) is 1. The lowest BCUT2D eigenvalue weighted by atomic mass is 10.0. The number of aromatic nitrogens is 3. The maximum atomic E-state index is 13.3. The van der Waals surface area contributed by atoms with E-state index >= 15 is 0 Å². The number of nitrogens with zero attached hydrogens (tertiary/aromatic N) is 6. The molecule has 0 aliphatic carbocycles. The van der Waals surface area contributed by atoms with Gasteiger partial charge in [-0.1, -0.05) is 0 Å². The van der Waals surface area contributed by atoms with Crippen LogP contribution in [0.4, 0.5) is 9.18 Å². The van der Waals surface area contributed by atoms with Crippen LogP contribution in [0.1, 0.15) is 57.9 Å². The average molecular weight is 554 g/mol. The van der Waals surface area contributed by atoms with Gasteiger partial charge in [-0.3, -0.25) is 14.4 Å². The second-order valence-electron chi connectivity index (χ2n) is 10.6. The van der Waals surface area contributed by atoms with Gasteiger partial charge in [0.1, 0.15) is 35.5 Å². The average Bonchev–Trinajstić information content (AvgIpc) is 3.39. The number of aliphatic imine (C=N–C) groups is 1. The first-order chi connectivity index (χ1) is 19.1. The zero-order valence-corrected chi connectivity index (χ0v) is 23.5. The first-order valence-electron chi connectivity index (χ1n) is 13.1. The molecule has 0 spiro atoms. The van der Waals surface area contributed by atoms with Crippen molar-refractivity contribution in [2.45, 2.75) is 58.3 Å². The highest BCUT2D eigenvalue weighted by molar-refractivity contribution is 6.47. The number of piperidine rings is 1. The van der Waals surface area contributed by atoms with Crippen molar-refractivity contribution < 1.29 is 23.4 Å². The summed E-state index contributed by atoms with van der Waals surface area (Å²) < 4.78 is 32.3. The summed E-state index contributed by atoms with van der Waals surface area (Å²) in [6.07, 6.45) is 5.19. The van der Waals surface area contributed by atoms with Crippen LogP contribution in [-0.4, -0.2) is 75.2 Å². The van der Waals surface area contributed by atoms with Gasteiger partial charge >= 0.3 is 6.09 Å². The first-order valence-corrected chi connectivity index (χ1v) is 13.1. The summed E-state index contributed by atoms with van der Waals surface area (Å²) in [7, 11) is 1.54. The molecule has 1 aliphatic rings. The molecule has 4 rings (SSSR count). The van der Waals surface area contributed by atoms with Crippen LogP contribution < -0.4 is 10.6 Å². The van der Waals surface area contributed by atoms with E-state index in [0.29, 0.717) is 60.1 Å².